The van der Waals surface area contributed by atoms with Crippen LogP contribution >= 0.6 is 11.6 Å². The first-order chi connectivity index (χ1) is 16.0. The van der Waals surface area contributed by atoms with E-state index in [9.17, 15) is 9.59 Å². The number of aromatic nitrogens is 1. The normalized spacial score (nSPS) is 13.3. The number of hydrogen-bond donors (Lipinski definition) is 1. The Labute approximate surface area is 200 Å². The predicted octanol–water partition coefficient (Wildman–Crippen LogP) is 5.85. The fourth-order valence-electron chi connectivity index (χ4n) is 4.88. The van der Waals surface area contributed by atoms with Crippen LogP contribution in [0.3, 0.4) is 0 Å². The van der Waals surface area contributed by atoms with Crippen molar-refractivity contribution in [3.05, 3.63) is 70.4 Å². The lowest BCUT2D eigenvalue weighted by atomic mass is 10.0. The molecule has 0 fully saturated rings. The van der Waals surface area contributed by atoms with Crippen LogP contribution in [-0.2, 0) is 35.5 Å². The molecule has 1 amide bonds. The molecule has 1 aliphatic rings. The highest BCUT2D eigenvalue weighted by molar-refractivity contribution is 6.30. The number of para-hydroxylation sites is 1. The van der Waals surface area contributed by atoms with Gasteiger partial charge in [0.2, 0.25) is 5.91 Å². The maximum absolute atomic E-state index is 12.9. The number of carbonyl (C=O) groups is 2. The SMILES string of the molecule is O=C(O)CCCCCC(=O)N1CCc2c(n(CCCc3cccc(Cl)c3)c3ccccc23)C1. The van der Waals surface area contributed by atoms with Gasteiger partial charge in [-0.25, -0.2) is 0 Å². The van der Waals surface area contributed by atoms with E-state index in [1.54, 1.807) is 0 Å². The highest BCUT2D eigenvalue weighted by atomic mass is 35.5. The van der Waals surface area contributed by atoms with Crippen molar-refractivity contribution >= 4 is 34.4 Å². The number of carboxylic acid groups (broad SMARTS) is 1. The van der Waals surface area contributed by atoms with Crippen molar-refractivity contribution in [2.24, 2.45) is 0 Å². The zero-order chi connectivity index (χ0) is 23.2. The van der Waals surface area contributed by atoms with Crippen LogP contribution in [0.4, 0.5) is 0 Å². The fraction of sp³-hybridized carbons (Fsp3) is 0.407. The summed E-state index contributed by atoms with van der Waals surface area (Å²) >= 11 is 6.14. The molecule has 0 spiro atoms. The number of nitrogens with zero attached hydrogens (tertiary/aromatic N) is 2. The largest absolute Gasteiger partial charge is 0.481 e. The summed E-state index contributed by atoms with van der Waals surface area (Å²) in [5.41, 5.74) is 5.12. The molecule has 3 aromatic rings. The number of benzene rings is 2. The Morgan fingerprint density at radius 1 is 0.970 bits per heavy atom. The van der Waals surface area contributed by atoms with Gasteiger partial charge >= 0.3 is 5.97 Å². The Hall–Kier alpha value is -2.79. The minimum absolute atomic E-state index is 0.173. The molecule has 174 valence electrons. The number of carbonyl (C=O) groups excluding carboxylic acids is 1. The quantitative estimate of drug-likeness (QED) is 0.381. The predicted molar refractivity (Wildman–Crippen MR) is 132 cm³/mol. The van der Waals surface area contributed by atoms with Gasteiger partial charge in [-0.3, -0.25) is 9.59 Å². The number of hydrogen-bond acceptors (Lipinski definition) is 2. The van der Waals surface area contributed by atoms with Gasteiger partial charge in [-0.15, -0.1) is 0 Å². The van der Waals surface area contributed by atoms with Gasteiger partial charge < -0.3 is 14.6 Å². The van der Waals surface area contributed by atoms with Gasteiger partial charge in [0.15, 0.2) is 0 Å². The van der Waals surface area contributed by atoms with Gasteiger partial charge in [0, 0.05) is 47.6 Å². The van der Waals surface area contributed by atoms with E-state index < -0.39 is 5.97 Å². The maximum Gasteiger partial charge on any atom is 0.303 e. The number of aliphatic carboxylic acids is 1. The van der Waals surface area contributed by atoms with E-state index in [0.29, 0.717) is 19.4 Å². The average Bonchev–Trinajstić information content (AvgIpc) is 3.12. The Morgan fingerprint density at radius 3 is 2.61 bits per heavy atom. The third-order valence-corrected chi connectivity index (χ3v) is 6.77. The topological polar surface area (TPSA) is 62.5 Å². The highest BCUT2D eigenvalue weighted by Crippen LogP contribution is 2.31. The van der Waals surface area contributed by atoms with Crippen molar-refractivity contribution in [3.8, 4) is 0 Å². The van der Waals surface area contributed by atoms with E-state index in [-0.39, 0.29) is 12.3 Å². The van der Waals surface area contributed by atoms with Gasteiger partial charge in [-0.05, 0) is 61.4 Å². The lowest BCUT2D eigenvalue weighted by Crippen LogP contribution is -2.36. The number of rotatable bonds is 10. The molecular formula is C27H31ClN2O3. The van der Waals surface area contributed by atoms with Crippen molar-refractivity contribution < 1.29 is 14.7 Å². The number of amides is 1. The molecule has 0 unspecified atom stereocenters. The summed E-state index contributed by atoms with van der Waals surface area (Å²) in [7, 11) is 0. The lowest BCUT2D eigenvalue weighted by Gasteiger charge is -2.29. The zero-order valence-corrected chi connectivity index (χ0v) is 19.7. The summed E-state index contributed by atoms with van der Waals surface area (Å²) in [5, 5.41) is 10.8. The van der Waals surface area contributed by atoms with E-state index in [4.69, 9.17) is 16.7 Å². The van der Waals surface area contributed by atoms with E-state index in [1.165, 1.54) is 27.7 Å². The van der Waals surface area contributed by atoms with Crippen LogP contribution in [0.2, 0.25) is 5.02 Å². The average molecular weight is 467 g/mol. The van der Waals surface area contributed by atoms with Gasteiger partial charge in [-0.1, -0.05) is 48.4 Å². The molecule has 0 atom stereocenters. The molecule has 2 heterocycles. The van der Waals surface area contributed by atoms with Crippen LogP contribution in [0.25, 0.3) is 10.9 Å². The number of fused-ring (bicyclic) bond motifs is 3. The summed E-state index contributed by atoms with van der Waals surface area (Å²) < 4.78 is 2.40. The van der Waals surface area contributed by atoms with Crippen molar-refractivity contribution in [2.45, 2.75) is 64.5 Å². The van der Waals surface area contributed by atoms with E-state index in [0.717, 1.165) is 50.2 Å². The molecule has 0 saturated heterocycles. The first kappa shape index (κ1) is 23.4. The molecule has 1 aliphatic heterocycles. The molecule has 0 aliphatic carbocycles. The molecule has 2 aromatic carbocycles. The monoisotopic (exact) mass is 466 g/mol. The molecule has 33 heavy (non-hydrogen) atoms. The van der Waals surface area contributed by atoms with Crippen molar-refractivity contribution in [3.63, 3.8) is 0 Å². The Bertz CT molecular complexity index is 1140. The van der Waals surface area contributed by atoms with Crippen LogP contribution < -0.4 is 0 Å². The van der Waals surface area contributed by atoms with E-state index >= 15 is 0 Å². The Morgan fingerprint density at radius 2 is 1.79 bits per heavy atom. The number of halogens is 1. The molecule has 0 saturated carbocycles. The zero-order valence-electron chi connectivity index (χ0n) is 18.9. The molecule has 1 N–H and O–H groups in total. The van der Waals surface area contributed by atoms with Gasteiger partial charge in [0.1, 0.15) is 0 Å². The van der Waals surface area contributed by atoms with Crippen molar-refractivity contribution in [2.75, 3.05) is 6.54 Å². The third-order valence-electron chi connectivity index (χ3n) is 6.54. The summed E-state index contributed by atoms with van der Waals surface area (Å²) in [6.45, 7) is 2.30. The van der Waals surface area contributed by atoms with Gasteiger partial charge in [0.25, 0.3) is 0 Å². The van der Waals surface area contributed by atoms with Gasteiger partial charge in [0.05, 0.1) is 6.54 Å². The number of aryl methyl sites for hydroxylation is 2. The Kier molecular flexibility index (Phi) is 7.71. The van der Waals surface area contributed by atoms with E-state index in [2.05, 4.69) is 34.9 Å². The summed E-state index contributed by atoms with van der Waals surface area (Å²) in [4.78, 5) is 25.5. The molecule has 4 rings (SSSR count). The maximum atomic E-state index is 12.9. The minimum Gasteiger partial charge on any atom is -0.481 e. The number of carboxylic acids is 1. The fourth-order valence-corrected chi connectivity index (χ4v) is 5.10. The molecular weight excluding hydrogens is 436 g/mol. The third kappa shape index (κ3) is 5.77. The summed E-state index contributed by atoms with van der Waals surface area (Å²) in [5.74, 6) is -0.597. The first-order valence-corrected chi connectivity index (χ1v) is 12.2. The molecule has 5 nitrogen and oxygen atoms in total. The molecule has 1 aromatic heterocycles. The number of unbranched alkanes of at least 4 members (excludes halogenated alkanes) is 2. The standard InChI is InChI=1S/C27H31ClN2O3/c28-21-10-6-8-20(18-21)9-7-16-30-24-12-5-4-11-22(24)23-15-17-29(19-25(23)30)26(31)13-2-1-3-14-27(32)33/h4-6,8,10-12,18H,1-3,7,9,13-17,19H2,(H,32,33). The van der Waals surface area contributed by atoms with Crippen LogP contribution in [0, 0.1) is 0 Å². The highest BCUT2D eigenvalue weighted by Gasteiger charge is 2.26. The second kappa shape index (κ2) is 10.9. The summed E-state index contributed by atoms with van der Waals surface area (Å²) in [6.07, 6.45) is 5.67. The summed E-state index contributed by atoms with van der Waals surface area (Å²) in [6, 6.07) is 16.6. The van der Waals surface area contributed by atoms with Crippen molar-refractivity contribution in [1.29, 1.82) is 0 Å². The van der Waals surface area contributed by atoms with E-state index in [1.807, 2.05) is 23.1 Å². The molecule has 6 heteroatoms. The molecule has 0 bridgehead atoms. The van der Waals surface area contributed by atoms with Crippen LogP contribution in [0.1, 0.15) is 55.3 Å². The molecule has 0 radical (unpaired) electrons. The smallest absolute Gasteiger partial charge is 0.303 e. The minimum atomic E-state index is -0.770. The second-order valence-electron chi connectivity index (χ2n) is 8.85. The van der Waals surface area contributed by atoms with Crippen LogP contribution in [-0.4, -0.2) is 33.0 Å². The lowest BCUT2D eigenvalue weighted by molar-refractivity contribution is -0.137. The van der Waals surface area contributed by atoms with Crippen LogP contribution in [0.5, 0.6) is 0 Å². The van der Waals surface area contributed by atoms with Crippen molar-refractivity contribution in [1.82, 2.24) is 9.47 Å². The Balaban J connectivity index is 1.43. The van der Waals surface area contributed by atoms with Gasteiger partial charge in [-0.2, -0.15) is 0 Å². The van der Waals surface area contributed by atoms with Crippen LogP contribution in [0.15, 0.2) is 48.5 Å². The second-order valence-corrected chi connectivity index (χ2v) is 9.28. The first-order valence-electron chi connectivity index (χ1n) is 11.9.